The van der Waals surface area contributed by atoms with Crippen LogP contribution in [0.15, 0.2) is 24.5 Å². The molecule has 0 aliphatic heterocycles. The number of aromatic nitrogens is 1. The van der Waals surface area contributed by atoms with E-state index in [0.29, 0.717) is 0 Å². The van der Waals surface area contributed by atoms with Gasteiger partial charge in [-0.2, -0.15) is 0 Å². The average Bonchev–Trinajstić information content (AvgIpc) is 1.90. The van der Waals surface area contributed by atoms with Crippen molar-refractivity contribution in [3.05, 3.63) is 30.1 Å². The number of rotatable bonds is 1. The van der Waals surface area contributed by atoms with E-state index < -0.39 is 5.97 Å². The van der Waals surface area contributed by atoms with Gasteiger partial charge in [0.05, 0.1) is 5.56 Å². The summed E-state index contributed by atoms with van der Waals surface area (Å²) in [5.74, 6) is -0.919. The van der Waals surface area contributed by atoms with Crippen LogP contribution in [0.5, 0.6) is 0 Å². The van der Waals surface area contributed by atoms with Crippen molar-refractivity contribution in [3.8, 4) is 0 Å². The first-order valence-electron chi connectivity index (χ1n) is 2.44. The van der Waals surface area contributed by atoms with E-state index in [9.17, 15) is 4.79 Å². The Hall–Kier alpha value is -0.874. The quantitative estimate of drug-likeness (QED) is 0.697. The van der Waals surface area contributed by atoms with Crippen molar-refractivity contribution in [2.24, 2.45) is 0 Å². The van der Waals surface area contributed by atoms with E-state index in [1.165, 1.54) is 24.5 Å². The maximum Gasteiger partial charge on any atom is 0.335 e. The van der Waals surface area contributed by atoms with Gasteiger partial charge in [0, 0.05) is 29.2 Å². The third-order valence-corrected chi connectivity index (χ3v) is 0.927. The molecule has 0 saturated carbocycles. The van der Waals surface area contributed by atoms with Gasteiger partial charge in [-0.1, -0.05) is 0 Å². The minimum atomic E-state index is -0.919. The summed E-state index contributed by atoms with van der Waals surface area (Å²) in [5, 5.41) is 8.36. The maximum atomic E-state index is 10.2. The number of carboxylic acids is 1. The van der Waals surface area contributed by atoms with Gasteiger partial charge in [0.1, 0.15) is 0 Å². The molecule has 0 aliphatic rings. The monoisotopic (exact) mass is 182 g/mol. The molecule has 1 aromatic rings. The number of carbonyl (C=O) groups is 1. The summed E-state index contributed by atoms with van der Waals surface area (Å²) >= 11 is 0. The fraction of sp³-hybridized carbons (Fsp3) is 0. The molecule has 1 aromatic heterocycles. The second-order valence-corrected chi connectivity index (χ2v) is 1.54. The van der Waals surface area contributed by atoms with Gasteiger partial charge in [-0.25, -0.2) is 4.79 Å². The topological polar surface area (TPSA) is 50.2 Å². The Kier molecular flexibility index (Phi) is 3.67. The largest absolute Gasteiger partial charge is 0.478 e. The maximum absolute atomic E-state index is 10.2. The Balaban J connectivity index is 0.000000810. The molecule has 1 heterocycles. The summed E-state index contributed by atoms with van der Waals surface area (Å²) in [6.07, 6.45) is 2.90. The van der Waals surface area contributed by atoms with Crippen LogP contribution in [0.3, 0.4) is 0 Å². The number of hydrogen-bond donors (Lipinski definition) is 1. The molecule has 0 spiro atoms. The molecule has 55 valence electrons. The van der Waals surface area contributed by atoms with Crippen molar-refractivity contribution in [2.75, 3.05) is 0 Å². The first-order chi connectivity index (χ1) is 4.30. The van der Waals surface area contributed by atoms with E-state index in [1.807, 2.05) is 0 Å². The van der Waals surface area contributed by atoms with Crippen LogP contribution < -0.4 is 0 Å². The molecule has 1 radical (unpaired) electrons. The van der Waals surface area contributed by atoms with Gasteiger partial charge in [-0.3, -0.25) is 4.98 Å². The van der Waals surface area contributed by atoms with Crippen LogP contribution in [0.2, 0.25) is 0 Å². The Morgan fingerprint density at radius 2 is 1.90 bits per heavy atom. The summed E-state index contributed by atoms with van der Waals surface area (Å²) in [6, 6.07) is 2.89. The first kappa shape index (κ1) is 9.13. The molecule has 1 N–H and O–H groups in total. The van der Waals surface area contributed by atoms with Gasteiger partial charge < -0.3 is 5.11 Å². The molecule has 0 fully saturated rings. The Morgan fingerprint density at radius 3 is 2.20 bits per heavy atom. The summed E-state index contributed by atoms with van der Waals surface area (Å²) in [7, 11) is 0. The van der Waals surface area contributed by atoms with Gasteiger partial charge in [-0.05, 0) is 12.1 Å². The predicted octanol–water partition coefficient (Wildman–Crippen LogP) is 0.777. The second kappa shape index (κ2) is 4.02. The van der Waals surface area contributed by atoms with Gasteiger partial charge in [0.15, 0.2) is 0 Å². The summed E-state index contributed by atoms with van der Waals surface area (Å²) in [6.45, 7) is 0. The molecular weight excluding hydrogens is 177 g/mol. The third kappa shape index (κ3) is 2.16. The molecule has 0 aliphatic carbocycles. The van der Waals surface area contributed by atoms with Gasteiger partial charge in [0.25, 0.3) is 0 Å². The van der Waals surface area contributed by atoms with E-state index in [0.717, 1.165) is 0 Å². The van der Waals surface area contributed by atoms with Crippen LogP contribution in [0.25, 0.3) is 0 Å². The molecule has 3 nitrogen and oxygen atoms in total. The van der Waals surface area contributed by atoms with Crippen LogP contribution >= 0.6 is 0 Å². The number of hydrogen-bond acceptors (Lipinski definition) is 2. The van der Waals surface area contributed by atoms with Crippen LogP contribution in [-0.2, 0) is 16.8 Å². The molecule has 0 saturated heterocycles. The van der Waals surface area contributed by atoms with E-state index in [4.69, 9.17) is 5.11 Å². The number of carboxylic acid groups (broad SMARTS) is 1. The molecule has 0 bridgehead atoms. The van der Waals surface area contributed by atoms with Crippen molar-refractivity contribution in [3.63, 3.8) is 0 Å². The van der Waals surface area contributed by atoms with E-state index in [-0.39, 0.29) is 22.3 Å². The second-order valence-electron chi connectivity index (χ2n) is 1.54. The van der Waals surface area contributed by atoms with E-state index in [2.05, 4.69) is 4.98 Å². The first-order valence-corrected chi connectivity index (χ1v) is 2.44. The zero-order valence-electron chi connectivity index (χ0n) is 4.95. The van der Waals surface area contributed by atoms with Crippen molar-refractivity contribution in [1.29, 1.82) is 0 Å². The average molecular weight is 182 g/mol. The van der Waals surface area contributed by atoms with Crippen molar-refractivity contribution < 1.29 is 26.7 Å². The molecule has 0 unspecified atom stereocenters. The molecule has 0 aromatic carbocycles. The van der Waals surface area contributed by atoms with Gasteiger partial charge in [0.2, 0.25) is 0 Å². The minimum absolute atomic E-state index is 0. The molecular formula is C6H5CoNO2. The van der Waals surface area contributed by atoms with Crippen LogP contribution in [0.1, 0.15) is 10.4 Å². The minimum Gasteiger partial charge on any atom is -0.478 e. The Bertz CT molecular complexity index is 212. The fourth-order valence-corrected chi connectivity index (χ4v) is 0.494. The molecule has 1 rings (SSSR count). The molecule has 10 heavy (non-hydrogen) atoms. The molecule has 0 amide bonds. The Labute approximate surface area is 68.3 Å². The third-order valence-electron chi connectivity index (χ3n) is 0.927. The zero-order valence-corrected chi connectivity index (χ0v) is 5.99. The van der Waals surface area contributed by atoms with Crippen molar-refractivity contribution in [1.82, 2.24) is 4.98 Å². The van der Waals surface area contributed by atoms with Gasteiger partial charge >= 0.3 is 5.97 Å². The van der Waals surface area contributed by atoms with Crippen molar-refractivity contribution >= 4 is 5.97 Å². The predicted molar refractivity (Wildman–Crippen MR) is 31.2 cm³/mol. The smallest absolute Gasteiger partial charge is 0.335 e. The summed E-state index contributed by atoms with van der Waals surface area (Å²) in [4.78, 5) is 13.8. The van der Waals surface area contributed by atoms with Crippen LogP contribution in [-0.4, -0.2) is 16.1 Å². The number of aromatic carboxylic acids is 1. The zero-order chi connectivity index (χ0) is 6.69. The standard InChI is InChI=1S/C6H5NO2.Co/c8-6(9)5-1-3-7-4-2-5;/h1-4H,(H,8,9);. The van der Waals surface area contributed by atoms with Gasteiger partial charge in [-0.15, -0.1) is 0 Å². The van der Waals surface area contributed by atoms with Crippen molar-refractivity contribution in [2.45, 2.75) is 0 Å². The van der Waals surface area contributed by atoms with E-state index in [1.54, 1.807) is 0 Å². The number of pyridine rings is 1. The molecule has 0 atom stereocenters. The summed E-state index contributed by atoms with van der Waals surface area (Å²) in [5.41, 5.74) is 0.269. The normalized spacial score (nSPS) is 8.00. The number of nitrogens with zero attached hydrogens (tertiary/aromatic N) is 1. The van der Waals surface area contributed by atoms with E-state index >= 15 is 0 Å². The fourth-order valence-electron chi connectivity index (χ4n) is 0.494. The Morgan fingerprint density at radius 1 is 1.40 bits per heavy atom. The van der Waals surface area contributed by atoms with Crippen LogP contribution in [0.4, 0.5) is 0 Å². The summed E-state index contributed by atoms with van der Waals surface area (Å²) < 4.78 is 0. The molecule has 4 heteroatoms. The van der Waals surface area contributed by atoms with Crippen LogP contribution in [0, 0.1) is 0 Å². The SMILES string of the molecule is O=C(O)c1ccncc1.[Co].